The van der Waals surface area contributed by atoms with Crippen LogP contribution in [0.5, 0.6) is 0 Å². The maximum atomic E-state index is 13.1. The van der Waals surface area contributed by atoms with Crippen molar-refractivity contribution in [2.24, 2.45) is 16.5 Å². The van der Waals surface area contributed by atoms with Crippen LogP contribution < -0.4 is 11.5 Å². The highest BCUT2D eigenvalue weighted by molar-refractivity contribution is 6.35. The molecule has 0 bridgehead atoms. The molecule has 0 spiro atoms. The van der Waals surface area contributed by atoms with Crippen molar-refractivity contribution in [3.63, 3.8) is 0 Å². The molecule has 0 aliphatic heterocycles. The van der Waals surface area contributed by atoms with Crippen molar-refractivity contribution < 1.29 is 14.7 Å². The van der Waals surface area contributed by atoms with E-state index in [2.05, 4.69) is 9.98 Å². The molecule has 0 atom stereocenters. The first kappa shape index (κ1) is 22.9. The van der Waals surface area contributed by atoms with Gasteiger partial charge in [-0.15, -0.1) is 12.4 Å². The second-order valence-electron chi connectivity index (χ2n) is 6.27. The van der Waals surface area contributed by atoms with Crippen LogP contribution in [0.1, 0.15) is 15.9 Å². The van der Waals surface area contributed by atoms with Crippen LogP contribution >= 0.6 is 24.0 Å². The van der Waals surface area contributed by atoms with Crippen molar-refractivity contribution >= 4 is 58.4 Å². The van der Waals surface area contributed by atoms with Gasteiger partial charge in [-0.2, -0.15) is 4.99 Å². The Balaban J connectivity index is 0.00000320. The number of nitrogens with zero attached hydrogens (tertiary/aromatic N) is 3. The zero-order chi connectivity index (χ0) is 21.0. The number of fused-ring (bicyclic) bond motifs is 1. The molecule has 0 saturated carbocycles. The van der Waals surface area contributed by atoms with Crippen molar-refractivity contribution in [2.75, 3.05) is 6.54 Å². The van der Waals surface area contributed by atoms with Gasteiger partial charge in [-0.25, -0.2) is 4.98 Å². The smallest absolute Gasteiger partial charge is 0.323 e. The molecule has 3 rings (SSSR count). The van der Waals surface area contributed by atoms with Gasteiger partial charge in [0.1, 0.15) is 6.54 Å². The Morgan fingerprint density at radius 1 is 1.10 bits per heavy atom. The Labute approximate surface area is 183 Å². The third-order valence-corrected chi connectivity index (χ3v) is 4.43. The quantitative estimate of drug-likeness (QED) is 0.392. The molecule has 0 fully saturated rings. The van der Waals surface area contributed by atoms with Gasteiger partial charge in [0.25, 0.3) is 5.91 Å². The minimum Gasteiger partial charge on any atom is -0.480 e. The molecule has 30 heavy (non-hydrogen) atoms. The van der Waals surface area contributed by atoms with Crippen molar-refractivity contribution in [1.82, 2.24) is 9.88 Å². The van der Waals surface area contributed by atoms with E-state index in [0.717, 1.165) is 5.56 Å². The van der Waals surface area contributed by atoms with E-state index in [4.69, 9.17) is 23.1 Å². The molecule has 0 unspecified atom stereocenters. The number of aliphatic imine (C=N–C) groups is 1. The number of rotatable bonds is 6. The molecule has 3 aromatic rings. The van der Waals surface area contributed by atoms with Gasteiger partial charge in [0, 0.05) is 29.1 Å². The van der Waals surface area contributed by atoms with Crippen LogP contribution in [-0.4, -0.2) is 39.4 Å². The Kier molecular flexibility index (Phi) is 7.57. The van der Waals surface area contributed by atoms with E-state index < -0.39 is 18.4 Å². The monoisotopic (exact) mass is 447 g/mol. The largest absolute Gasteiger partial charge is 0.480 e. The van der Waals surface area contributed by atoms with Gasteiger partial charge >= 0.3 is 5.97 Å². The minimum absolute atomic E-state index is 0. The fourth-order valence-corrected chi connectivity index (χ4v) is 3.10. The Morgan fingerprint density at radius 2 is 1.80 bits per heavy atom. The standard InChI is InChI=1S/C20H18ClN5O3.ClH/c21-16-9-24-18(25-20(22)23)15-8-13(6-7-14(15)16)19(29)26(11-17(27)28)10-12-4-2-1-3-5-12;/h1-9H,10-11H2,(H,27,28)(H4,22,23,24,25);1H. The van der Waals surface area contributed by atoms with Crippen LogP contribution in [0.2, 0.25) is 5.02 Å². The van der Waals surface area contributed by atoms with Gasteiger partial charge in [0.15, 0.2) is 11.8 Å². The first-order valence-electron chi connectivity index (χ1n) is 8.58. The summed E-state index contributed by atoms with van der Waals surface area (Å²) in [5, 5.41) is 10.7. The highest BCUT2D eigenvalue weighted by Crippen LogP contribution is 2.30. The predicted octanol–water partition coefficient (Wildman–Crippen LogP) is 2.94. The second-order valence-corrected chi connectivity index (χ2v) is 6.67. The first-order chi connectivity index (χ1) is 13.8. The zero-order valence-corrected chi connectivity index (χ0v) is 17.2. The van der Waals surface area contributed by atoms with Crippen molar-refractivity contribution in [2.45, 2.75) is 6.54 Å². The number of carboxylic acids is 1. The number of aliphatic carboxylic acids is 1. The number of pyridine rings is 1. The molecule has 1 amide bonds. The molecule has 2 aromatic carbocycles. The van der Waals surface area contributed by atoms with E-state index in [1.54, 1.807) is 18.2 Å². The van der Waals surface area contributed by atoms with Crippen LogP contribution in [0.4, 0.5) is 5.82 Å². The number of guanidine groups is 1. The van der Waals surface area contributed by atoms with Gasteiger partial charge in [0.2, 0.25) is 0 Å². The van der Waals surface area contributed by atoms with Crippen molar-refractivity contribution in [3.8, 4) is 0 Å². The van der Waals surface area contributed by atoms with E-state index in [1.807, 2.05) is 30.3 Å². The van der Waals surface area contributed by atoms with E-state index in [-0.39, 0.29) is 36.3 Å². The third-order valence-electron chi connectivity index (χ3n) is 4.13. The molecule has 156 valence electrons. The Hall–Kier alpha value is -3.36. The first-order valence-corrected chi connectivity index (χ1v) is 8.96. The van der Waals surface area contributed by atoms with Gasteiger partial charge < -0.3 is 21.5 Å². The number of benzene rings is 2. The average molecular weight is 448 g/mol. The number of halogens is 2. The maximum absolute atomic E-state index is 13.1. The van der Waals surface area contributed by atoms with Crippen LogP contribution in [-0.2, 0) is 11.3 Å². The molecular weight excluding hydrogens is 429 g/mol. The lowest BCUT2D eigenvalue weighted by atomic mass is 10.1. The fourth-order valence-electron chi connectivity index (χ4n) is 2.89. The van der Waals surface area contributed by atoms with Gasteiger partial charge in [0.05, 0.1) is 5.02 Å². The van der Waals surface area contributed by atoms with Crippen LogP contribution in [0.3, 0.4) is 0 Å². The van der Waals surface area contributed by atoms with E-state index in [0.29, 0.717) is 15.8 Å². The number of carbonyl (C=O) groups is 2. The number of hydrogen-bond donors (Lipinski definition) is 3. The summed E-state index contributed by atoms with van der Waals surface area (Å²) in [6, 6.07) is 13.9. The van der Waals surface area contributed by atoms with Crippen LogP contribution in [0.25, 0.3) is 10.8 Å². The molecule has 1 aromatic heterocycles. The molecular formula is C20H19Cl2N5O3. The third kappa shape index (κ3) is 5.37. The predicted molar refractivity (Wildman–Crippen MR) is 118 cm³/mol. The summed E-state index contributed by atoms with van der Waals surface area (Å²) in [6.07, 6.45) is 1.42. The number of aromatic nitrogens is 1. The molecule has 5 N–H and O–H groups in total. The lowest BCUT2D eigenvalue weighted by Gasteiger charge is -2.21. The van der Waals surface area contributed by atoms with E-state index in [9.17, 15) is 14.7 Å². The number of carboxylic acid groups (broad SMARTS) is 1. The number of amides is 1. The minimum atomic E-state index is -1.11. The average Bonchev–Trinajstić information content (AvgIpc) is 2.69. The lowest BCUT2D eigenvalue weighted by Crippen LogP contribution is -2.35. The summed E-state index contributed by atoms with van der Waals surface area (Å²) in [5.74, 6) is -1.53. The second kappa shape index (κ2) is 9.91. The van der Waals surface area contributed by atoms with Gasteiger partial charge in [-0.1, -0.05) is 48.0 Å². The Bertz CT molecular complexity index is 1100. The maximum Gasteiger partial charge on any atom is 0.323 e. The summed E-state index contributed by atoms with van der Waals surface area (Å²) in [5.41, 5.74) is 12.0. The number of carbonyl (C=O) groups excluding carboxylic acids is 1. The van der Waals surface area contributed by atoms with Crippen molar-refractivity contribution in [3.05, 3.63) is 70.9 Å². The molecule has 0 saturated heterocycles. The normalized spacial score (nSPS) is 10.2. The van der Waals surface area contributed by atoms with Gasteiger partial charge in [-0.3, -0.25) is 9.59 Å². The van der Waals surface area contributed by atoms with E-state index in [1.165, 1.54) is 11.1 Å². The van der Waals surface area contributed by atoms with Crippen LogP contribution in [0, 0.1) is 0 Å². The zero-order valence-electron chi connectivity index (χ0n) is 15.7. The van der Waals surface area contributed by atoms with Crippen molar-refractivity contribution in [1.29, 1.82) is 0 Å². The number of hydrogen-bond acceptors (Lipinski definition) is 4. The molecule has 10 heteroatoms. The van der Waals surface area contributed by atoms with E-state index >= 15 is 0 Å². The highest BCUT2D eigenvalue weighted by Gasteiger charge is 2.20. The van der Waals surface area contributed by atoms with Gasteiger partial charge in [-0.05, 0) is 17.7 Å². The fraction of sp³-hybridized carbons (Fsp3) is 0.100. The summed E-state index contributed by atoms with van der Waals surface area (Å²) in [6.45, 7) is -0.293. The molecule has 0 aliphatic carbocycles. The van der Waals surface area contributed by atoms with Crippen LogP contribution in [0.15, 0.2) is 59.7 Å². The number of nitrogens with two attached hydrogens (primary N) is 2. The topological polar surface area (TPSA) is 135 Å². The molecule has 0 radical (unpaired) electrons. The summed E-state index contributed by atoms with van der Waals surface area (Å²) >= 11 is 6.19. The Morgan fingerprint density at radius 3 is 2.43 bits per heavy atom. The lowest BCUT2D eigenvalue weighted by molar-refractivity contribution is -0.137. The highest BCUT2D eigenvalue weighted by atomic mass is 35.5. The molecule has 8 nitrogen and oxygen atoms in total. The summed E-state index contributed by atoms with van der Waals surface area (Å²) < 4.78 is 0. The SMILES string of the molecule is Cl.NC(N)=Nc1ncc(Cl)c2ccc(C(=O)N(CC(=O)O)Cc3ccccc3)cc12. The molecule has 0 aliphatic rings. The summed E-state index contributed by atoms with van der Waals surface area (Å²) in [4.78, 5) is 33.7. The molecule has 1 heterocycles. The summed E-state index contributed by atoms with van der Waals surface area (Å²) in [7, 11) is 0.